The second kappa shape index (κ2) is 5.85. The van der Waals surface area contributed by atoms with Gasteiger partial charge in [0.05, 0.1) is 12.0 Å². The Balaban J connectivity index is 2.51. The minimum absolute atomic E-state index is 0.0792. The molecular formula is C11H13NO4. The molecule has 0 aliphatic carbocycles. The zero-order chi connectivity index (χ0) is 12.0. The summed E-state index contributed by atoms with van der Waals surface area (Å²) in [5, 5.41) is 10.5. The molecule has 1 rings (SSSR count). The van der Waals surface area contributed by atoms with E-state index in [1.165, 1.54) is 19.2 Å². The fourth-order valence-corrected chi connectivity index (χ4v) is 1.36. The van der Waals surface area contributed by atoms with Crippen molar-refractivity contribution in [2.75, 3.05) is 7.11 Å². The van der Waals surface area contributed by atoms with Gasteiger partial charge in [0.1, 0.15) is 0 Å². The normalized spacial score (nSPS) is 9.81. The van der Waals surface area contributed by atoms with Crippen molar-refractivity contribution in [3.63, 3.8) is 0 Å². The van der Waals surface area contributed by atoms with Crippen LogP contribution in [0.3, 0.4) is 0 Å². The number of nitro benzene ring substituents is 1. The topological polar surface area (TPSA) is 69.4 Å². The smallest absolute Gasteiger partial charge is 0.305 e. The standard InChI is InChI=1S/C11H13NO4/c1-16-11(13)7-3-5-9-4-2-6-10(8-9)12(14)15/h2,4,6,8H,3,5,7H2,1H3. The molecular weight excluding hydrogens is 210 g/mol. The summed E-state index contributed by atoms with van der Waals surface area (Å²) in [6.45, 7) is 0. The molecule has 0 aromatic heterocycles. The molecule has 0 aliphatic rings. The molecule has 0 saturated carbocycles. The van der Waals surface area contributed by atoms with Gasteiger partial charge >= 0.3 is 5.97 Å². The van der Waals surface area contributed by atoms with Crippen LogP contribution in [0.25, 0.3) is 0 Å². The lowest BCUT2D eigenvalue weighted by Crippen LogP contribution is -2.00. The molecule has 86 valence electrons. The number of benzene rings is 1. The summed E-state index contributed by atoms with van der Waals surface area (Å²) in [5.74, 6) is -0.259. The van der Waals surface area contributed by atoms with Gasteiger partial charge in [-0.2, -0.15) is 0 Å². The van der Waals surface area contributed by atoms with Crippen LogP contribution in [0.1, 0.15) is 18.4 Å². The molecule has 0 unspecified atom stereocenters. The first kappa shape index (κ1) is 12.2. The first-order valence-electron chi connectivity index (χ1n) is 4.93. The third kappa shape index (κ3) is 3.68. The molecule has 5 nitrogen and oxygen atoms in total. The Morgan fingerprint density at radius 1 is 1.50 bits per heavy atom. The molecule has 0 amide bonds. The third-order valence-corrected chi connectivity index (χ3v) is 2.20. The summed E-state index contributed by atoms with van der Waals surface area (Å²) >= 11 is 0. The molecule has 16 heavy (non-hydrogen) atoms. The number of ether oxygens (including phenoxy) is 1. The summed E-state index contributed by atoms with van der Waals surface area (Å²) in [6, 6.07) is 6.43. The highest BCUT2D eigenvalue weighted by molar-refractivity contribution is 5.69. The van der Waals surface area contributed by atoms with Crippen LogP contribution in [0.4, 0.5) is 5.69 Å². The van der Waals surface area contributed by atoms with Crippen molar-refractivity contribution in [1.82, 2.24) is 0 Å². The van der Waals surface area contributed by atoms with Crippen molar-refractivity contribution in [2.45, 2.75) is 19.3 Å². The molecule has 5 heteroatoms. The minimum atomic E-state index is -0.427. The molecule has 0 spiro atoms. The second-order valence-corrected chi connectivity index (χ2v) is 3.36. The lowest BCUT2D eigenvalue weighted by molar-refractivity contribution is -0.384. The molecule has 0 N–H and O–H groups in total. The van der Waals surface area contributed by atoms with E-state index >= 15 is 0 Å². The number of aryl methyl sites for hydroxylation is 1. The predicted octanol–water partition coefficient (Wildman–Crippen LogP) is 2.09. The van der Waals surface area contributed by atoms with Crippen LogP contribution in [0.5, 0.6) is 0 Å². The number of hydrogen-bond donors (Lipinski definition) is 0. The highest BCUT2D eigenvalue weighted by Gasteiger charge is 2.06. The SMILES string of the molecule is COC(=O)CCCc1cccc([N+](=O)[O-])c1. The van der Waals surface area contributed by atoms with Crippen molar-refractivity contribution in [1.29, 1.82) is 0 Å². The van der Waals surface area contributed by atoms with Crippen LogP contribution in [0, 0.1) is 10.1 Å². The molecule has 0 fully saturated rings. The van der Waals surface area contributed by atoms with Gasteiger partial charge < -0.3 is 4.74 Å². The van der Waals surface area contributed by atoms with Gasteiger partial charge in [0.15, 0.2) is 0 Å². The summed E-state index contributed by atoms with van der Waals surface area (Å²) in [4.78, 5) is 20.9. The predicted molar refractivity (Wildman–Crippen MR) is 58.1 cm³/mol. The maximum Gasteiger partial charge on any atom is 0.305 e. The Morgan fingerprint density at radius 3 is 2.88 bits per heavy atom. The van der Waals surface area contributed by atoms with Gasteiger partial charge in [-0.3, -0.25) is 14.9 Å². The van der Waals surface area contributed by atoms with Crippen molar-refractivity contribution < 1.29 is 14.5 Å². The second-order valence-electron chi connectivity index (χ2n) is 3.36. The van der Waals surface area contributed by atoms with Crippen molar-refractivity contribution in [3.05, 3.63) is 39.9 Å². The molecule has 0 saturated heterocycles. The average Bonchev–Trinajstić information content (AvgIpc) is 2.29. The van der Waals surface area contributed by atoms with Gasteiger partial charge in [0, 0.05) is 18.6 Å². The average molecular weight is 223 g/mol. The third-order valence-electron chi connectivity index (χ3n) is 2.20. The fourth-order valence-electron chi connectivity index (χ4n) is 1.36. The molecule has 0 atom stereocenters. The van der Waals surface area contributed by atoms with Crippen LogP contribution in [-0.2, 0) is 16.0 Å². The Hall–Kier alpha value is -1.91. The number of carbonyl (C=O) groups excluding carboxylic acids is 1. The first-order chi connectivity index (χ1) is 7.63. The number of carbonyl (C=O) groups is 1. The van der Waals surface area contributed by atoms with E-state index in [2.05, 4.69) is 4.74 Å². The van der Waals surface area contributed by atoms with Gasteiger partial charge in [-0.05, 0) is 18.4 Å². The van der Waals surface area contributed by atoms with Crippen molar-refractivity contribution in [3.8, 4) is 0 Å². The Bertz CT molecular complexity index is 389. The van der Waals surface area contributed by atoms with E-state index in [0.717, 1.165) is 5.56 Å². The van der Waals surface area contributed by atoms with Crippen LogP contribution < -0.4 is 0 Å². The van der Waals surface area contributed by atoms with Crippen LogP contribution in [0.15, 0.2) is 24.3 Å². The zero-order valence-electron chi connectivity index (χ0n) is 9.01. The number of nitro groups is 1. The fraction of sp³-hybridized carbons (Fsp3) is 0.364. The van der Waals surface area contributed by atoms with Gasteiger partial charge in [-0.1, -0.05) is 12.1 Å². The number of non-ortho nitro benzene ring substituents is 1. The zero-order valence-corrected chi connectivity index (χ0v) is 9.01. The molecule has 0 radical (unpaired) electrons. The number of methoxy groups -OCH3 is 1. The minimum Gasteiger partial charge on any atom is -0.469 e. The van der Waals surface area contributed by atoms with E-state index in [0.29, 0.717) is 19.3 Å². The maximum atomic E-state index is 10.8. The van der Waals surface area contributed by atoms with Crippen molar-refractivity contribution >= 4 is 11.7 Å². The van der Waals surface area contributed by atoms with Gasteiger partial charge in [-0.15, -0.1) is 0 Å². The molecule has 0 bridgehead atoms. The van der Waals surface area contributed by atoms with Crippen molar-refractivity contribution in [2.24, 2.45) is 0 Å². The van der Waals surface area contributed by atoms with E-state index in [1.807, 2.05) is 6.07 Å². The lowest BCUT2D eigenvalue weighted by atomic mass is 10.1. The number of rotatable bonds is 5. The maximum absolute atomic E-state index is 10.8. The van der Waals surface area contributed by atoms with E-state index in [1.54, 1.807) is 6.07 Å². The number of nitrogens with zero attached hydrogens (tertiary/aromatic N) is 1. The number of hydrogen-bond acceptors (Lipinski definition) is 4. The summed E-state index contributed by atoms with van der Waals surface area (Å²) in [7, 11) is 1.34. The first-order valence-corrected chi connectivity index (χ1v) is 4.93. The van der Waals surface area contributed by atoms with E-state index < -0.39 is 4.92 Å². The largest absolute Gasteiger partial charge is 0.469 e. The highest BCUT2D eigenvalue weighted by Crippen LogP contribution is 2.14. The van der Waals surface area contributed by atoms with Gasteiger partial charge in [-0.25, -0.2) is 0 Å². The molecule has 0 aliphatic heterocycles. The Morgan fingerprint density at radius 2 is 2.25 bits per heavy atom. The van der Waals surface area contributed by atoms with Gasteiger partial charge in [0.2, 0.25) is 0 Å². The van der Waals surface area contributed by atoms with E-state index in [4.69, 9.17) is 0 Å². The Labute approximate surface area is 93.2 Å². The van der Waals surface area contributed by atoms with E-state index in [9.17, 15) is 14.9 Å². The van der Waals surface area contributed by atoms with Gasteiger partial charge in [0.25, 0.3) is 5.69 Å². The molecule has 1 aromatic rings. The van der Waals surface area contributed by atoms with Crippen LogP contribution >= 0.6 is 0 Å². The number of esters is 1. The Kier molecular flexibility index (Phi) is 4.44. The molecule has 0 heterocycles. The highest BCUT2D eigenvalue weighted by atomic mass is 16.6. The lowest BCUT2D eigenvalue weighted by Gasteiger charge is -2.00. The molecule has 1 aromatic carbocycles. The summed E-state index contributed by atoms with van der Waals surface area (Å²) in [6.07, 6.45) is 1.60. The van der Waals surface area contributed by atoms with Crippen LogP contribution in [0.2, 0.25) is 0 Å². The van der Waals surface area contributed by atoms with E-state index in [-0.39, 0.29) is 11.7 Å². The van der Waals surface area contributed by atoms with Crippen LogP contribution in [-0.4, -0.2) is 18.0 Å². The monoisotopic (exact) mass is 223 g/mol. The summed E-state index contributed by atoms with van der Waals surface area (Å²) in [5.41, 5.74) is 0.939. The quantitative estimate of drug-likeness (QED) is 0.435. The summed E-state index contributed by atoms with van der Waals surface area (Å²) < 4.78 is 4.50.